The van der Waals surface area contributed by atoms with Crippen LogP contribution < -0.4 is 5.32 Å². The quantitative estimate of drug-likeness (QED) is 0.699. The van der Waals surface area contributed by atoms with Gasteiger partial charge in [0.25, 0.3) is 0 Å². The van der Waals surface area contributed by atoms with E-state index in [0.717, 1.165) is 26.1 Å². The monoisotopic (exact) mass is 298 g/mol. The SMILES string of the molecule is CCNCCc1ccc(CN(C)CCS(C)(=O)=O)cc1. The van der Waals surface area contributed by atoms with E-state index in [2.05, 4.69) is 36.5 Å². The zero-order valence-electron chi connectivity index (χ0n) is 12.7. The van der Waals surface area contributed by atoms with Gasteiger partial charge in [-0.1, -0.05) is 31.2 Å². The van der Waals surface area contributed by atoms with Crippen molar-refractivity contribution in [3.8, 4) is 0 Å². The lowest BCUT2D eigenvalue weighted by Gasteiger charge is -2.16. The van der Waals surface area contributed by atoms with Crippen molar-refractivity contribution >= 4 is 9.84 Å². The van der Waals surface area contributed by atoms with Crippen LogP contribution in [0.25, 0.3) is 0 Å². The Morgan fingerprint density at radius 1 is 1.15 bits per heavy atom. The molecule has 0 aromatic heterocycles. The van der Waals surface area contributed by atoms with E-state index >= 15 is 0 Å². The number of hydrogen-bond donors (Lipinski definition) is 1. The molecule has 1 rings (SSSR count). The summed E-state index contributed by atoms with van der Waals surface area (Å²) in [5, 5.41) is 3.31. The third-order valence-electron chi connectivity index (χ3n) is 3.16. The van der Waals surface area contributed by atoms with E-state index in [1.807, 2.05) is 11.9 Å². The van der Waals surface area contributed by atoms with Crippen molar-refractivity contribution in [3.05, 3.63) is 35.4 Å². The Bertz CT molecular complexity index is 483. The van der Waals surface area contributed by atoms with Gasteiger partial charge in [-0.25, -0.2) is 8.42 Å². The van der Waals surface area contributed by atoms with Crippen LogP contribution in [-0.4, -0.2) is 52.0 Å². The highest BCUT2D eigenvalue weighted by Crippen LogP contribution is 2.07. The fourth-order valence-electron chi connectivity index (χ4n) is 1.93. The lowest BCUT2D eigenvalue weighted by atomic mass is 10.1. The molecule has 0 spiro atoms. The molecule has 0 unspecified atom stereocenters. The molecule has 5 heteroatoms. The van der Waals surface area contributed by atoms with Gasteiger partial charge >= 0.3 is 0 Å². The Kier molecular flexibility index (Phi) is 7.19. The molecule has 0 aliphatic heterocycles. The summed E-state index contributed by atoms with van der Waals surface area (Å²) in [4.78, 5) is 2.04. The predicted molar refractivity (Wildman–Crippen MR) is 84.7 cm³/mol. The molecule has 0 saturated heterocycles. The van der Waals surface area contributed by atoms with Gasteiger partial charge in [-0.15, -0.1) is 0 Å². The maximum absolute atomic E-state index is 11.1. The molecule has 0 aliphatic carbocycles. The highest BCUT2D eigenvalue weighted by Gasteiger charge is 2.06. The largest absolute Gasteiger partial charge is 0.317 e. The molecule has 0 bridgehead atoms. The summed E-state index contributed by atoms with van der Waals surface area (Å²) in [7, 11) is -0.931. The van der Waals surface area contributed by atoms with Crippen molar-refractivity contribution in [3.63, 3.8) is 0 Å². The number of benzene rings is 1. The van der Waals surface area contributed by atoms with Crippen LogP contribution >= 0.6 is 0 Å². The molecular weight excluding hydrogens is 272 g/mol. The average Bonchev–Trinajstić information content (AvgIpc) is 2.38. The second-order valence-electron chi connectivity index (χ2n) is 5.29. The predicted octanol–water partition coefficient (Wildman–Crippen LogP) is 1.32. The van der Waals surface area contributed by atoms with E-state index in [9.17, 15) is 8.42 Å². The van der Waals surface area contributed by atoms with Gasteiger partial charge in [0.05, 0.1) is 5.75 Å². The van der Waals surface area contributed by atoms with Crippen LogP contribution in [0.2, 0.25) is 0 Å². The van der Waals surface area contributed by atoms with E-state index in [1.165, 1.54) is 17.4 Å². The highest BCUT2D eigenvalue weighted by molar-refractivity contribution is 7.90. The molecule has 0 fully saturated rings. The standard InChI is InChI=1S/C15H26N2O2S/c1-4-16-10-9-14-5-7-15(8-6-14)13-17(2)11-12-20(3,18)19/h5-8,16H,4,9-13H2,1-3H3. The normalized spacial score (nSPS) is 12.0. The second kappa shape index (κ2) is 8.39. The van der Waals surface area contributed by atoms with Gasteiger partial charge < -0.3 is 10.2 Å². The molecule has 1 N–H and O–H groups in total. The maximum atomic E-state index is 11.1. The van der Waals surface area contributed by atoms with Crippen molar-refractivity contribution in [2.75, 3.05) is 38.7 Å². The molecule has 0 radical (unpaired) electrons. The van der Waals surface area contributed by atoms with Gasteiger partial charge in [0, 0.05) is 19.3 Å². The molecule has 0 saturated carbocycles. The van der Waals surface area contributed by atoms with E-state index in [4.69, 9.17) is 0 Å². The summed E-state index contributed by atoms with van der Waals surface area (Å²) >= 11 is 0. The molecule has 0 aliphatic rings. The first-order valence-corrected chi connectivity index (χ1v) is 9.11. The van der Waals surface area contributed by atoms with Crippen LogP contribution in [0.3, 0.4) is 0 Å². The minimum atomic E-state index is -2.88. The lowest BCUT2D eigenvalue weighted by molar-refractivity contribution is 0.346. The molecule has 1 aromatic carbocycles. The molecule has 0 atom stereocenters. The fraction of sp³-hybridized carbons (Fsp3) is 0.600. The van der Waals surface area contributed by atoms with Crippen LogP contribution in [0.15, 0.2) is 24.3 Å². The van der Waals surface area contributed by atoms with Crippen molar-refractivity contribution in [2.24, 2.45) is 0 Å². The number of nitrogens with zero attached hydrogens (tertiary/aromatic N) is 1. The summed E-state index contributed by atoms with van der Waals surface area (Å²) in [5.74, 6) is 0.213. The Labute approximate surface area is 123 Å². The van der Waals surface area contributed by atoms with E-state index in [1.54, 1.807) is 0 Å². The van der Waals surface area contributed by atoms with Gasteiger partial charge in [0.15, 0.2) is 0 Å². The first kappa shape index (κ1) is 17.1. The Balaban J connectivity index is 2.40. The van der Waals surface area contributed by atoms with Gasteiger partial charge in [-0.05, 0) is 37.7 Å². The Morgan fingerprint density at radius 2 is 1.75 bits per heavy atom. The molecule has 0 heterocycles. The fourth-order valence-corrected chi connectivity index (χ4v) is 2.58. The number of hydrogen-bond acceptors (Lipinski definition) is 4. The Hall–Kier alpha value is -0.910. The molecule has 20 heavy (non-hydrogen) atoms. The van der Waals surface area contributed by atoms with Crippen molar-refractivity contribution in [1.29, 1.82) is 0 Å². The van der Waals surface area contributed by atoms with Crippen molar-refractivity contribution < 1.29 is 8.42 Å². The van der Waals surface area contributed by atoms with Crippen LogP contribution in [0.4, 0.5) is 0 Å². The number of rotatable bonds is 9. The van der Waals surface area contributed by atoms with Gasteiger partial charge in [-0.2, -0.15) is 0 Å². The summed E-state index contributed by atoms with van der Waals surface area (Å²) in [5.41, 5.74) is 2.54. The van der Waals surface area contributed by atoms with Crippen molar-refractivity contribution in [1.82, 2.24) is 10.2 Å². The zero-order chi connectivity index (χ0) is 15.0. The summed E-state index contributed by atoms with van der Waals surface area (Å²) < 4.78 is 22.3. The number of sulfone groups is 1. The van der Waals surface area contributed by atoms with Gasteiger partial charge in [0.2, 0.25) is 0 Å². The Morgan fingerprint density at radius 3 is 2.30 bits per heavy atom. The smallest absolute Gasteiger partial charge is 0.148 e. The zero-order valence-corrected chi connectivity index (χ0v) is 13.5. The van der Waals surface area contributed by atoms with Crippen molar-refractivity contribution in [2.45, 2.75) is 19.9 Å². The molecule has 4 nitrogen and oxygen atoms in total. The molecular formula is C15H26N2O2S. The van der Waals surface area contributed by atoms with Gasteiger partial charge in [0.1, 0.15) is 9.84 Å². The third kappa shape index (κ3) is 7.62. The molecule has 1 aromatic rings. The minimum Gasteiger partial charge on any atom is -0.317 e. The topological polar surface area (TPSA) is 49.4 Å². The summed E-state index contributed by atoms with van der Waals surface area (Å²) in [6.07, 6.45) is 2.32. The highest BCUT2D eigenvalue weighted by atomic mass is 32.2. The van der Waals surface area contributed by atoms with E-state index in [0.29, 0.717) is 6.54 Å². The molecule has 0 amide bonds. The van der Waals surface area contributed by atoms with E-state index < -0.39 is 9.84 Å². The van der Waals surface area contributed by atoms with E-state index in [-0.39, 0.29) is 5.75 Å². The number of likely N-dealkylation sites (N-methyl/N-ethyl adjacent to an activating group) is 1. The van der Waals surface area contributed by atoms with Crippen LogP contribution in [-0.2, 0) is 22.8 Å². The summed E-state index contributed by atoms with van der Waals surface area (Å²) in [6, 6.07) is 8.55. The van der Waals surface area contributed by atoms with Crippen LogP contribution in [0.5, 0.6) is 0 Å². The minimum absolute atomic E-state index is 0.213. The van der Waals surface area contributed by atoms with Gasteiger partial charge in [-0.3, -0.25) is 0 Å². The second-order valence-corrected chi connectivity index (χ2v) is 7.55. The summed E-state index contributed by atoms with van der Waals surface area (Å²) in [6.45, 7) is 5.47. The molecule has 114 valence electrons. The van der Waals surface area contributed by atoms with Crippen LogP contribution in [0.1, 0.15) is 18.1 Å². The first-order chi connectivity index (χ1) is 9.40. The maximum Gasteiger partial charge on any atom is 0.148 e. The average molecular weight is 298 g/mol. The first-order valence-electron chi connectivity index (χ1n) is 7.05. The third-order valence-corrected chi connectivity index (χ3v) is 4.08. The number of nitrogens with one attached hydrogen (secondary N) is 1. The van der Waals surface area contributed by atoms with Crippen LogP contribution in [0, 0.1) is 0 Å². The lowest BCUT2D eigenvalue weighted by Crippen LogP contribution is -2.24.